The molecule has 0 bridgehead atoms. The number of hydrogen-bond acceptors (Lipinski definition) is 3. The summed E-state index contributed by atoms with van der Waals surface area (Å²) in [5.74, 6) is -0.157. The molecule has 0 saturated carbocycles. The Balaban J connectivity index is 2.30. The number of benzene rings is 1. The summed E-state index contributed by atoms with van der Waals surface area (Å²) in [6.45, 7) is 4.07. The third-order valence-corrected chi connectivity index (χ3v) is 3.76. The zero-order valence-corrected chi connectivity index (χ0v) is 11.5. The summed E-state index contributed by atoms with van der Waals surface area (Å²) >= 11 is 1.46. The third-order valence-electron chi connectivity index (χ3n) is 2.83. The minimum Gasteiger partial charge on any atom is -0.375 e. The summed E-state index contributed by atoms with van der Waals surface area (Å²) in [6.07, 6.45) is 2.50. The summed E-state index contributed by atoms with van der Waals surface area (Å²) in [7, 11) is 0. The number of rotatable bonds is 4. The second-order valence-electron chi connectivity index (χ2n) is 4.44. The molecular weight excluding hydrogens is 247 g/mol. The Hall–Kier alpha value is -1.42. The molecule has 4 heteroatoms. The highest BCUT2D eigenvalue weighted by molar-refractivity contribution is 7.15. The topological polar surface area (TPSA) is 38.9 Å². The quantitative estimate of drug-likeness (QED) is 0.914. The van der Waals surface area contributed by atoms with Gasteiger partial charge in [0.15, 0.2) is 5.13 Å². The second-order valence-corrected chi connectivity index (χ2v) is 5.56. The lowest BCUT2D eigenvalue weighted by molar-refractivity contribution is 0.613. The van der Waals surface area contributed by atoms with Gasteiger partial charge in [0.1, 0.15) is 5.82 Å². The van der Waals surface area contributed by atoms with Crippen LogP contribution in [0.5, 0.6) is 0 Å². The van der Waals surface area contributed by atoms with Crippen molar-refractivity contribution < 1.29 is 4.39 Å². The van der Waals surface area contributed by atoms with Crippen molar-refractivity contribution in [3.63, 3.8) is 0 Å². The van der Waals surface area contributed by atoms with Crippen molar-refractivity contribution in [1.82, 2.24) is 4.98 Å². The standard InChI is InChI=1S/C14H17FN2S/c1-3-4-12-13(18-14(16)17-12)8-10-7-9(2)5-6-11(10)15/h5-7H,3-4,8H2,1-2H3,(H2,16,17). The molecule has 0 saturated heterocycles. The fourth-order valence-electron chi connectivity index (χ4n) is 1.99. The van der Waals surface area contributed by atoms with Crippen molar-refractivity contribution in [2.45, 2.75) is 33.1 Å². The molecular formula is C14H17FN2S. The van der Waals surface area contributed by atoms with Crippen molar-refractivity contribution in [2.75, 3.05) is 5.73 Å². The van der Waals surface area contributed by atoms with E-state index in [1.54, 1.807) is 6.07 Å². The first-order valence-electron chi connectivity index (χ1n) is 6.09. The van der Waals surface area contributed by atoms with Gasteiger partial charge in [0.2, 0.25) is 0 Å². The van der Waals surface area contributed by atoms with Gasteiger partial charge < -0.3 is 5.73 Å². The van der Waals surface area contributed by atoms with Gasteiger partial charge in [0.25, 0.3) is 0 Å². The van der Waals surface area contributed by atoms with Gasteiger partial charge >= 0.3 is 0 Å². The molecule has 18 heavy (non-hydrogen) atoms. The maximum absolute atomic E-state index is 13.7. The van der Waals surface area contributed by atoms with Crippen LogP contribution in [-0.4, -0.2) is 4.98 Å². The molecule has 96 valence electrons. The Kier molecular flexibility index (Phi) is 3.97. The van der Waals surface area contributed by atoms with Crippen molar-refractivity contribution in [3.8, 4) is 0 Å². The molecule has 0 aliphatic rings. The number of aryl methyl sites for hydroxylation is 2. The third kappa shape index (κ3) is 2.88. The number of anilines is 1. The van der Waals surface area contributed by atoms with E-state index in [2.05, 4.69) is 11.9 Å². The number of nitrogens with two attached hydrogens (primary N) is 1. The normalized spacial score (nSPS) is 10.8. The van der Waals surface area contributed by atoms with Gasteiger partial charge in [-0.1, -0.05) is 31.0 Å². The molecule has 0 aliphatic heterocycles. The van der Waals surface area contributed by atoms with Crippen LogP contribution in [0.15, 0.2) is 18.2 Å². The van der Waals surface area contributed by atoms with Crippen LogP contribution in [0.25, 0.3) is 0 Å². The Bertz CT molecular complexity index is 549. The van der Waals surface area contributed by atoms with Crippen LogP contribution in [0, 0.1) is 12.7 Å². The highest BCUT2D eigenvalue weighted by Gasteiger charge is 2.12. The molecule has 0 fully saturated rings. The van der Waals surface area contributed by atoms with E-state index in [9.17, 15) is 4.39 Å². The molecule has 0 atom stereocenters. The molecule has 0 amide bonds. The summed E-state index contributed by atoms with van der Waals surface area (Å²) in [4.78, 5) is 5.40. The molecule has 2 nitrogen and oxygen atoms in total. The monoisotopic (exact) mass is 264 g/mol. The van der Waals surface area contributed by atoms with Crippen LogP contribution in [-0.2, 0) is 12.8 Å². The van der Waals surface area contributed by atoms with E-state index in [1.165, 1.54) is 17.4 Å². The van der Waals surface area contributed by atoms with Gasteiger partial charge in [0, 0.05) is 11.3 Å². The lowest BCUT2D eigenvalue weighted by Gasteiger charge is -2.04. The molecule has 2 aromatic rings. The van der Waals surface area contributed by atoms with Crippen LogP contribution < -0.4 is 5.73 Å². The fourth-order valence-corrected chi connectivity index (χ4v) is 2.89. The summed E-state index contributed by atoms with van der Waals surface area (Å²) in [5, 5.41) is 0.571. The van der Waals surface area contributed by atoms with Gasteiger partial charge in [-0.3, -0.25) is 0 Å². The van der Waals surface area contributed by atoms with E-state index < -0.39 is 0 Å². The molecule has 0 unspecified atom stereocenters. The van der Waals surface area contributed by atoms with Crippen molar-refractivity contribution in [1.29, 1.82) is 0 Å². The van der Waals surface area contributed by atoms with Crippen LogP contribution >= 0.6 is 11.3 Å². The number of aromatic nitrogens is 1. The van der Waals surface area contributed by atoms with E-state index in [0.29, 0.717) is 11.6 Å². The minimum atomic E-state index is -0.157. The summed E-state index contributed by atoms with van der Waals surface area (Å²) in [6, 6.07) is 5.20. The van der Waals surface area contributed by atoms with Gasteiger partial charge in [-0.2, -0.15) is 0 Å². The Morgan fingerprint density at radius 3 is 2.89 bits per heavy atom. The van der Waals surface area contributed by atoms with Gasteiger partial charge in [-0.15, -0.1) is 11.3 Å². The second kappa shape index (κ2) is 5.48. The van der Waals surface area contributed by atoms with E-state index >= 15 is 0 Å². The van der Waals surface area contributed by atoms with E-state index in [0.717, 1.165) is 34.5 Å². The predicted octanol–water partition coefficient (Wildman–Crippen LogP) is 3.72. The van der Waals surface area contributed by atoms with Crippen LogP contribution in [0.1, 0.15) is 35.0 Å². The number of nitrogen functional groups attached to an aromatic ring is 1. The average Bonchev–Trinajstić information content (AvgIpc) is 2.65. The summed E-state index contributed by atoms with van der Waals surface area (Å²) in [5.41, 5.74) is 8.55. The molecule has 2 rings (SSSR count). The number of thiazole rings is 1. The highest BCUT2D eigenvalue weighted by atomic mass is 32.1. The first-order valence-corrected chi connectivity index (χ1v) is 6.91. The number of halogens is 1. The van der Waals surface area contributed by atoms with E-state index in [1.807, 2.05) is 13.0 Å². The first-order chi connectivity index (χ1) is 8.60. The molecule has 1 heterocycles. The Morgan fingerprint density at radius 2 is 2.17 bits per heavy atom. The Labute approximate surface area is 111 Å². The minimum absolute atomic E-state index is 0.157. The maximum Gasteiger partial charge on any atom is 0.180 e. The van der Waals surface area contributed by atoms with Crippen LogP contribution in [0.3, 0.4) is 0 Å². The predicted molar refractivity (Wildman–Crippen MR) is 74.5 cm³/mol. The van der Waals surface area contributed by atoms with Gasteiger partial charge in [0.05, 0.1) is 5.69 Å². The molecule has 2 N–H and O–H groups in total. The zero-order valence-electron chi connectivity index (χ0n) is 10.7. The average molecular weight is 264 g/mol. The SMILES string of the molecule is CCCc1nc(N)sc1Cc1cc(C)ccc1F. The maximum atomic E-state index is 13.7. The lowest BCUT2D eigenvalue weighted by atomic mass is 10.1. The Morgan fingerprint density at radius 1 is 1.39 bits per heavy atom. The van der Waals surface area contributed by atoms with E-state index in [-0.39, 0.29) is 5.82 Å². The molecule has 0 radical (unpaired) electrons. The van der Waals surface area contributed by atoms with Crippen LogP contribution in [0.2, 0.25) is 0 Å². The van der Waals surface area contributed by atoms with E-state index in [4.69, 9.17) is 5.73 Å². The molecule has 1 aromatic heterocycles. The highest BCUT2D eigenvalue weighted by Crippen LogP contribution is 2.26. The van der Waals surface area contributed by atoms with Crippen molar-refractivity contribution >= 4 is 16.5 Å². The van der Waals surface area contributed by atoms with Crippen molar-refractivity contribution in [2.24, 2.45) is 0 Å². The first kappa shape index (κ1) is 13.0. The largest absolute Gasteiger partial charge is 0.375 e. The summed E-state index contributed by atoms with van der Waals surface area (Å²) < 4.78 is 13.7. The number of hydrogen-bond donors (Lipinski definition) is 1. The lowest BCUT2D eigenvalue weighted by Crippen LogP contribution is -1.96. The smallest absolute Gasteiger partial charge is 0.180 e. The van der Waals surface area contributed by atoms with Crippen LogP contribution in [0.4, 0.5) is 9.52 Å². The molecule has 0 spiro atoms. The van der Waals surface area contributed by atoms with Crippen molar-refractivity contribution in [3.05, 3.63) is 45.7 Å². The molecule has 0 aliphatic carbocycles. The van der Waals surface area contributed by atoms with Gasteiger partial charge in [-0.25, -0.2) is 9.37 Å². The zero-order chi connectivity index (χ0) is 13.1. The fraction of sp³-hybridized carbons (Fsp3) is 0.357. The number of nitrogens with zero attached hydrogens (tertiary/aromatic N) is 1. The van der Waals surface area contributed by atoms with Gasteiger partial charge in [-0.05, 0) is 25.0 Å². The molecule has 1 aromatic carbocycles.